The molecule has 0 aromatic heterocycles. The van der Waals surface area contributed by atoms with Crippen LogP contribution in [0.5, 0.6) is 0 Å². The minimum absolute atomic E-state index is 0.0479. The molecule has 4 rings (SSSR count). The van der Waals surface area contributed by atoms with Crippen molar-refractivity contribution in [2.45, 2.75) is 52.5 Å². The van der Waals surface area contributed by atoms with E-state index < -0.39 is 17.8 Å². The number of nitrogens with one attached hydrogen (secondary N) is 1. The van der Waals surface area contributed by atoms with Gasteiger partial charge in [-0.1, -0.05) is 18.5 Å². The quantitative estimate of drug-likeness (QED) is 0.485. The van der Waals surface area contributed by atoms with Crippen molar-refractivity contribution in [2.24, 2.45) is 0 Å². The number of hydrogen-bond donors (Lipinski definition) is 1. The van der Waals surface area contributed by atoms with Crippen LogP contribution in [0.25, 0.3) is 6.08 Å². The number of amides is 4. The first-order valence-electron chi connectivity index (χ1n) is 11.1. The molecular weight excluding hydrogens is 438 g/mol. The van der Waals surface area contributed by atoms with E-state index in [1.807, 2.05) is 6.92 Å². The summed E-state index contributed by atoms with van der Waals surface area (Å²) >= 11 is 5.94. The van der Waals surface area contributed by atoms with Gasteiger partial charge in [-0.3, -0.25) is 14.9 Å². The van der Waals surface area contributed by atoms with Crippen molar-refractivity contribution >= 4 is 46.9 Å². The maximum absolute atomic E-state index is 13.2. The fraction of sp³-hybridized carbons (Fsp3) is 0.346. The molecule has 0 radical (unpaired) electrons. The van der Waals surface area contributed by atoms with Gasteiger partial charge in [0, 0.05) is 22.8 Å². The second-order valence-corrected chi connectivity index (χ2v) is 9.80. The van der Waals surface area contributed by atoms with Crippen LogP contribution in [0.1, 0.15) is 56.7 Å². The summed E-state index contributed by atoms with van der Waals surface area (Å²) in [5.41, 5.74) is 4.45. The van der Waals surface area contributed by atoms with Crippen LogP contribution in [-0.2, 0) is 9.59 Å². The third-order valence-corrected chi connectivity index (χ3v) is 6.83. The van der Waals surface area contributed by atoms with Gasteiger partial charge >= 0.3 is 6.03 Å². The zero-order chi connectivity index (χ0) is 24.1. The van der Waals surface area contributed by atoms with Crippen molar-refractivity contribution in [1.82, 2.24) is 5.32 Å². The molecule has 33 heavy (non-hydrogen) atoms. The zero-order valence-corrected chi connectivity index (χ0v) is 20.3. The van der Waals surface area contributed by atoms with Crippen molar-refractivity contribution in [3.63, 3.8) is 0 Å². The summed E-state index contributed by atoms with van der Waals surface area (Å²) in [6.07, 6.45) is 2.59. The SMILES string of the molecule is CCN1c2cc(C)c(/C=C3\C(=O)NC(=O)N(c4ccc(Cl)cc4)C3=O)cc2[C@H](C)CC1(C)C. The Labute approximate surface area is 199 Å². The van der Waals surface area contributed by atoms with E-state index in [-0.39, 0.29) is 11.1 Å². The van der Waals surface area contributed by atoms with Crippen molar-refractivity contribution < 1.29 is 14.4 Å². The van der Waals surface area contributed by atoms with Gasteiger partial charge in [-0.15, -0.1) is 0 Å². The molecule has 2 aromatic carbocycles. The maximum Gasteiger partial charge on any atom is 0.335 e. The molecule has 2 aliphatic rings. The van der Waals surface area contributed by atoms with Crippen LogP contribution in [-0.4, -0.2) is 29.9 Å². The van der Waals surface area contributed by atoms with E-state index in [1.165, 1.54) is 11.3 Å². The Morgan fingerprint density at radius 2 is 1.82 bits per heavy atom. The largest absolute Gasteiger partial charge is 0.366 e. The lowest BCUT2D eigenvalue weighted by molar-refractivity contribution is -0.122. The lowest BCUT2D eigenvalue weighted by Crippen LogP contribution is -2.54. The van der Waals surface area contributed by atoms with Gasteiger partial charge in [0.05, 0.1) is 5.69 Å². The highest BCUT2D eigenvalue weighted by Gasteiger charge is 2.38. The number of aryl methyl sites for hydroxylation is 1. The van der Waals surface area contributed by atoms with E-state index in [4.69, 9.17) is 11.6 Å². The Balaban J connectivity index is 1.77. The van der Waals surface area contributed by atoms with E-state index in [0.717, 1.165) is 29.0 Å². The topological polar surface area (TPSA) is 69.7 Å². The minimum Gasteiger partial charge on any atom is -0.366 e. The summed E-state index contributed by atoms with van der Waals surface area (Å²) in [6.45, 7) is 11.7. The van der Waals surface area contributed by atoms with Gasteiger partial charge in [-0.2, -0.15) is 0 Å². The molecule has 1 saturated heterocycles. The Hall–Kier alpha value is -3.12. The first-order chi connectivity index (χ1) is 15.5. The van der Waals surface area contributed by atoms with Crippen LogP contribution in [0.15, 0.2) is 42.0 Å². The highest BCUT2D eigenvalue weighted by atomic mass is 35.5. The van der Waals surface area contributed by atoms with Crippen LogP contribution in [0, 0.1) is 6.92 Å². The molecule has 6 nitrogen and oxygen atoms in total. The lowest BCUT2D eigenvalue weighted by atomic mass is 9.79. The fourth-order valence-corrected chi connectivity index (χ4v) is 5.17. The average molecular weight is 466 g/mol. The van der Waals surface area contributed by atoms with Crippen molar-refractivity contribution in [2.75, 3.05) is 16.3 Å². The standard InChI is InChI=1S/C26H28ClN3O3/c1-6-29-22-11-15(2)17(12-20(22)16(3)14-26(29,4)5)13-21-23(31)28-25(33)30(24(21)32)19-9-7-18(27)8-10-19/h7-13,16H,6,14H2,1-5H3,(H,28,31,33)/b21-13+/t16-/m1/s1. The number of rotatable bonds is 3. The Morgan fingerprint density at radius 3 is 2.45 bits per heavy atom. The summed E-state index contributed by atoms with van der Waals surface area (Å²) in [6, 6.07) is 9.75. The summed E-state index contributed by atoms with van der Waals surface area (Å²) in [5.74, 6) is -1.03. The van der Waals surface area contributed by atoms with Gasteiger partial charge in [-0.05, 0) is 99.2 Å². The number of carbonyl (C=O) groups excluding carboxylic acids is 3. The van der Waals surface area contributed by atoms with E-state index in [1.54, 1.807) is 30.3 Å². The van der Waals surface area contributed by atoms with Crippen LogP contribution in [0.4, 0.5) is 16.2 Å². The van der Waals surface area contributed by atoms with Crippen molar-refractivity contribution in [3.8, 4) is 0 Å². The number of carbonyl (C=O) groups is 3. The van der Waals surface area contributed by atoms with Gasteiger partial charge in [0.1, 0.15) is 5.57 Å². The second kappa shape index (κ2) is 8.34. The number of hydrogen-bond acceptors (Lipinski definition) is 4. The highest BCUT2D eigenvalue weighted by Crippen LogP contribution is 2.44. The van der Waals surface area contributed by atoms with Crippen molar-refractivity contribution in [3.05, 3.63) is 63.7 Å². The Bertz CT molecular complexity index is 1180. The monoisotopic (exact) mass is 465 g/mol. The third kappa shape index (κ3) is 4.04. The molecule has 7 heteroatoms. The first kappa shape index (κ1) is 23.1. The van der Waals surface area contributed by atoms with Crippen LogP contribution < -0.4 is 15.1 Å². The molecule has 172 valence electrons. The van der Waals surface area contributed by atoms with Gasteiger partial charge in [0.15, 0.2) is 0 Å². The normalized spacial score (nSPS) is 21.3. The van der Waals surface area contributed by atoms with Crippen LogP contribution in [0.3, 0.4) is 0 Å². The minimum atomic E-state index is -0.777. The fourth-order valence-electron chi connectivity index (χ4n) is 5.04. The van der Waals surface area contributed by atoms with E-state index in [9.17, 15) is 14.4 Å². The Kier molecular flexibility index (Phi) is 5.83. The van der Waals surface area contributed by atoms with Crippen molar-refractivity contribution in [1.29, 1.82) is 0 Å². The Morgan fingerprint density at radius 1 is 1.15 bits per heavy atom. The molecule has 1 N–H and O–H groups in total. The number of imide groups is 2. The molecule has 2 heterocycles. The summed E-state index contributed by atoms with van der Waals surface area (Å²) in [7, 11) is 0. The molecule has 1 fully saturated rings. The maximum atomic E-state index is 13.2. The smallest absolute Gasteiger partial charge is 0.335 e. The summed E-state index contributed by atoms with van der Waals surface area (Å²) in [5, 5.41) is 2.76. The predicted molar refractivity (Wildman–Crippen MR) is 132 cm³/mol. The molecule has 0 spiro atoms. The van der Waals surface area contributed by atoms with Crippen LogP contribution >= 0.6 is 11.6 Å². The zero-order valence-electron chi connectivity index (χ0n) is 19.5. The molecule has 1 atom stereocenters. The number of anilines is 2. The van der Waals surface area contributed by atoms with E-state index in [0.29, 0.717) is 16.6 Å². The number of halogens is 1. The summed E-state index contributed by atoms with van der Waals surface area (Å²) < 4.78 is 0. The lowest BCUT2D eigenvalue weighted by Gasteiger charge is -2.47. The number of urea groups is 1. The number of barbiturate groups is 1. The molecule has 0 aliphatic carbocycles. The second-order valence-electron chi connectivity index (χ2n) is 9.36. The molecule has 2 aliphatic heterocycles. The number of fused-ring (bicyclic) bond motifs is 1. The van der Waals surface area contributed by atoms with E-state index >= 15 is 0 Å². The molecular formula is C26H28ClN3O3. The third-order valence-electron chi connectivity index (χ3n) is 6.58. The molecule has 0 bridgehead atoms. The molecule has 0 unspecified atom stereocenters. The number of nitrogens with zero attached hydrogens (tertiary/aromatic N) is 2. The van der Waals surface area contributed by atoms with Crippen LogP contribution in [0.2, 0.25) is 5.02 Å². The van der Waals surface area contributed by atoms with E-state index in [2.05, 4.69) is 50.0 Å². The van der Waals surface area contributed by atoms with Gasteiger partial charge in [0.25, 0.3) is 11.8 Å². The highest BCUT2D eigenvalue weighted by molar-refractivity contribution is 6.39. The molecule has 0 saturated carbocycles. The van der Waals surface area contributed by atoms with Gasteiger partial charge in [0.2, 0.25) is 0 Å². The number of benzene rings is 2. The first-order valence-corrected chi connectivity index (χ1v) is 11.5. The summed E-state index contributed by atoms with van der Waals surface area (Å²) in [4.78, 5) is 41.6. The average Bonchev–Trinajstić information content (AvgIpc) is 2.72. The molecule has 4 amide bonds. The predicted octanol–water partition coefficient (Wildman–Crippen LogP) is 5.43. The van der Waals surface area contributed by atoms with Gasteiger partial charge in [-0.25, -0.2) is 9.69 Å². The van der Waals surface area contributed by atoms with Gasteiger partial charge < -0.3 is 4.90 Å². The molecule has 2 aromatic rings.